The normalized spacial score (nSPS) is 15.3. The van der Waals surface area contributed by atoms with Crippen LogP contribution in [0.4, 0.5) is 0 Å². The lowest BCUT2D eigenvalue weighted by Gasteiger charge is -2.16. The number of rotatable bonds is 5. The summed E-state index contributed by atoms with van der Waals surface area (Å²) in [5, 5.41) is 7.41. The van der Waals surface area contributed by atoms with Crippen LogP contribution in [0, 0.1) is 0 Å². The summed E-state index contributed by atoms with van der Waals surface area (Å²) < 4.78 is 6.45. The van der Waals surface area contributed by atoms with Gasteiger partial charge < -0.3 is 10.1 Å². The van der Waals surface area contributed by atoms with Gasteiger partial charge in [-0.2, -0.15) is 5.10 Å². The number of nitrogens with one attached hydrogen (secondary N) is 1. The van der Waals surface area contributed by atoms with Crippen molar-refractivity contribution in [2.75, 3.05) is 7.11 Å². The molecule has 0 spiro atoms. The zero-order valence-electron chi connectivity index (χ0n) is 15.1. The van der Waals surface area contributed by atoms with Gasteiger partial charge in [-0.25, -0.2) is 4.68 Å². The summed E-state index contributed by atoms with van der Waals surface area (Å²) in [7, 11) is 1.60. The first-order chi connectivity index (χ1) is 12.7. The number of ether oxygens (including phenoxy) is 1. The van der Waals surface area contributed by atoms with Crippen molar-refractivity contribution < 1.29 is 9.53 Å². The lowest BCUT2D eigenvalue weighted by molar-refractivity contribution is -0.122. The van der Waals surface area contributed by atoms with E-state index in [9.17, 15) is 9.59 Å². The minimum absolute atomic E-state index is 0.0624. The Morgan fingerprint density at radius 2 is 1.96 bits per heavy atom. The highest BCUT2D eigenvalue weighted by Gasteiger charge is 2.16. The molecule has 1 N–H and O–H groups in total. The molecule has 6 heteroatoms. The summed E-state index contributed by atoms with van der Waals surface area (Å²) in [5.74, 6) is 0.558. The molecular formula is C20H25N3O3. The summed E-state index contributed by atoms with van der Waals surface area (Å²) in [5.41, 5.74) is 1.18. The molecule has 1 fully saturated rings. The smallest absolute Gasteiger partial charge is 0.267 e. The molecule has 1 heterocycles. The number of carbonyl (C=O) groups is 1. The predicted octanol–water partition coefficient (Wildman–Crippen LogP) is 2.76. The fourth-order valence-corrected chi connectivity index (χ4v) is 3.33. The average Bonchev–Trinajstić information content (AvgIpc) is 2.92. The van der Waals surface area contributed by atoms with E-state index in [0.717, 1.165) is 31.2 Å². The van der Waals surface area contributed by atoms with Crippen LogP contribution in [0.1, 0.15) is 38.5 Å². The Morgan fingerprint density at radius 1 is 1.19 bits per heavy atom. The van der Waals surface area contributed by atoms with Gasteiger partial charge in [-0.15, -0.1) is 0 Å². The van der Waals surface area contributed by atoms with Gasteiger partial charge in [-0.1, -0.05) is 37.8 Å². The van der Waals surface area contributed by atoms with Crippen molar-refractivity contribution >= 4 is 5.91 Å². The van der Waals surface area contributed by atoms with E-state index in [-0.39, 0.29) is 24.1 Å². The van der Waals surface area contributed by atoms with Crippen LogP contribution in [0.3, 0.4) is 0 Å². The molecule has 1 amide bonds. The quantitative estimate of drug-likeness (QED) is 0.837. The second-order valence-corrected chi connectivity index (χ2v) is 6.70. The summed E-state index contributed by atoms with van der Waals surface area (Å²) in [6.07, 6.45) is 6.78. The van der Waals surface area contributed by atoms with Crippen LogP contribution in [0.5, 0.6) is 5.75 Å². The van der Waals surface area contributed by atoms with Crippen LogP contribution >= 0.6 is 0 Å². The van der Waals surface area contributed by atoms with E-state index in [1.165, 1.54) is 23.6 Å². The van der Waals surface area contributed by atoms with E-state index < -0.39 is 0 Å². The molecule has 1 aromatic heterocycles. The summed E-state index contributed by atoms with van der Waals surface area (Å²) >= 11 is 0. The molecule has 0 radical (unpaired) electrons. The van der Waals surface area contributed by atoms with Crippen LogP contribution < -0.4 is 15.6 Å². The van der Waals surface area contributed by atoms with E-state index in [1.807, 2.05) is 24.3 Å². The fraction of sp³-hybridized carbons (Fsp3) is 0.450. The van der Waals surface area contributed by atoms with E-state index in [1.54, 1.807) is 13.2 Å². The Balaban J connectivity index is 1.73. The number of aromatic nitrogens is 2. The fourth-order valence-electron chi connectivity index (χ4n) is 3.33. The highest BCUT2D eigenvalue weighted by molar-refractivity contribution is 5.76. The molecule has 3 rings (SSSR count). The lowest BCUT2D eigenvalue weighted by atomic mass is 10.1. The third kappa shape index (κ3) is 4.71. The van der Waals surface area contributed by atoms with Crippen molar-refractivity contribution in [3.63, 3.8) is 0 Å². The maximum atomic E-state index is 12.4. The summed E-state index contributed by atoms with van der Waals surface area (Å²) in [6, 6.07) is 10.8. The van der Waals surface area contributed by atoms with E-state index >= 15 is 0 Å². The molecule has 0 aliphatic heterocycles. The van der Waals surface area contributed by atoms with Gasteiger partial charge in [0.1, 0.15) is 12.3 Å². The number of carbonyl (C=O) groups excluding carboxylic acids is 1. The molecule has 26 heavy (non-hydrogen) atoms. The van der Waals surface area contributed by atoms with Gasteiger partial charge in [0.05, 0.1) is 12.8 Å². The SMILES string of the molecule is COc1cccc(-c2ccc(=O)n(CC(=O)NC3CCCCCC3)n2)c1. The Morgan fingerprint density at radius 3 is 2.69 bits per heavy atom. The Labute approximate surface area is 153 Å². The molecule has 2 aromatic rings. The first-order valence-electron chi connectivity index (χ1n) is 9.17. The second-order valence-electron chi connectivity index (χ2n) is 6.70. The van der Waals surface area contributed by atoms with Crippen LogP contribution in [0.2, 0.25) is 0 Å². The molecule has 0 saturated heterocycles. The Kier molecular flexibility index (Phi) is 6.04. The molecular weight excluding hydrogens is 330 g/mol. The number of hydrogen-bond acceptors (Lipinski definition) is 4. The van der Waals surface area contributed by atoms with E-state index in [2.05, 4.69) is 10.4 Å². The van der Waals surface area contributed by atoms with Crippen LogP contribution in [-0.4, -0.2) is 28.8 Å². The Hall–Kier alpha value is -2.63. The van der Waals surface area contributed by atoms with Gasteiger partial charge in [0, 0.05) is 17.7 Å². The van der Waals surface area contributed by atoms with Crippen molar-refractivity contribution in [2.45, 2.75) is 51.1 Å². The second kappa shape index (κ2) is 8.65. The topological polar surface area (TPSA) is 73.2 Å². The average molecular weight is 355 g/mol. The zero-order chi connectivity index (χ0) is 18.4. The van der Waals surface area contributed by atoms with Crippen molar-refractivity contribution in [3.05, 3.63) is 46.8 Å². The largest absolute Gasteiger partial charge is 0.497 e. The summed E-state index contributed by atoms with van der Waals surface area (Å²) in [4.78, 5) is 24.5. The molecule has 1 saturated carbocycles. The summed E-state index contributed by atoms with van der Waals surface area (Å²) in [6.45, 7) is -0.0624. The molecule has 0 unspecified atom stereocenters. The van der Waals surface area contributed by atoms with Gasteiger partial charge in [-0.05, 0) is 31.0 Å². The number of amides is 1. The van der Waals surface area contributed by atoms with E-state index in [4.69, 9.17) is 4.74 Å². The van der Waals surface area contributed by atoms with Gasteiger partial charge >= 0.3 is 0 Å². The maximum absolute atomic E-state index is 12.4. The van der Waals surface area contributed by atoms with Crippen LogP contribution in [0.15, 0.2) is 41.2 Å². The number of benzene rings is 1. The highest BCUT2D eigenvalue weighted by Crippen LogP contribution is 2.21. The third-order valence-corrected chi connectivity index (χ3v) is 4.75. The minimum Gasteiger partial charge on any atom is -0.497 e. The standard InChI is InChI=1S/C20H25N3O3/c1-26-17-10-6-7-15(13-17)18-11-12-20(25)23(22-18)14-19(24)21-16-8-4-2-3-5-9-16/h6-7,10-13,16H,2-5,8-9,14H2,1H3,(H,21,24). The van der Waals surface area contributed by atoms with Crippen LogP contribution in [0.25, 0.3) is 11.3 Å². The number of hydrogen-bond donors (Lipinski definition) is 1. The molecule has 1 aliphatic carbocycles. The van der Waals surface area contributed by atoms with Crippen LogP contribution in [-0.2, 0) is 11.3 Å². The van der Waals surface area contributed by atoms with Gasteiger partial charge in [0.2, 0.25) is 5.91 Å². The number of nitrogens with zero attached hydrogens (tertiary/aromatic N) is 2. The molecule has 1 aromatic carbocycles. The molecule has 0 bridgehead atoms. The third-order valence-electron chi connectivity index (χ3n) is 4.75. The molecule has 138 valence electrons. The predicted molar refractivity (Wildman–Crippen MR) is 100 cm³/mol. The zero-order valence-corrected chi connectivity index (χ0v) is 15.1. The first-order valence-corrected chi connectivity index (χ1v) is 9.17. The van der Waals surface area contributed by atoms with Crippen molar-refractivity contribution in [3.8, 4) is 17.0 Å². The lowest BCUT2D eigenvalue weighted by Crippen LogP contribution is -2.39. The van der Waals surface area contributed by atoms with Crippen molar-refractivity contribution in [1.82, 2.24) is 15.1 Å². The van der Waals surface area contributed by atoms with Crippen molar-refractivity contribution in [2.24, 2.45) is 0 Å². The van der Waals surface area contributed by atoms with Crippen molar-refractivity contribution in [1.29, 1.82) is 0 Å². The minimum atomic E-state index is -0.285. The maximum Gasteiger partial charge on any atom is 0.267 e. The monoisotopic (exact) mass is 355 g/mol. The molecule has 6 nitrogen and oxygen atoms in total. The molecule has 1 aliphatic rings. The van der Waals surface area contributed by atoms with Gasteiger partial charge in [-0.3, -0.25) is 9.59 Å². The highest BCUT2D eigenvalue weighted by atomic mass is 16.5. The molecule has 0 atom stereocenters. The van der Waals surface area contributed by atoms with Gasteiger partial charge in [0.25, 0.3) is 5.56 Å². The van der Waals surface area contributed by atoms with E-state index in [0.29, 0.717) is 11.4 Å². The van der Waals surface area contributed by atoms with Gasteiger partial charge in [0.15, 0.2) is 0 Å². The first kappa shape index (κ1) is 18.2. The number of methoxy groups -OCH3 is 1. The Bertz CT molecular complexity index is 808.